The molecule has 110 valence electrons. The molecule has 0 atom stereocenters. The molecule has 1 aromatic rings. The minimum absolute atomic E-state index is 0.145. The molecule has 0 unspecified atom stereocenters. The van der Waals surface area contributed by atoms with E-state index in [0.717, 1.165) is 17.5 Å². The largest absolute Gasteiger partial charge is 0.392 e. The predicted octanol–water partition coefficient (Wildman–Crippen LogP) is 2.14. The molecule has 4 nitrogen and oxygen atoms in total. The van der Waals surface area contributed by atoms with Crippen LogP contribution in [0.2, 0.25) is 0 Å². The number of hydrogen-bond donors (Lipinski definition) is 1. The summed E-state index contributed by atoms with van der Waals surface area (Å²) in [4.78, 5) is 0.306. The van der Waals surface area contributed by atoms with Gasteiger partial charge in [0.1, 0.15) is 0 Å². The lowest BCUT2D eigenvalue weighted by Crippen LogP contribution is -2.35. The second-order valence-electron chi connectivity index (χ2n) is 5.37. The van der Waals surface area contributed by atoms with Gasteiger partial charge in [0.25, 0.3) is 0 Å². The van der Waals surface area contributed by atoms with Crippen LogP contribution in [0.15, 0.2) is 28.7 Å². The van der Waals surface area contributed by atoms with Gasteiger partial charge in [0.05, 0.1) is 11.5 Å². The first kappa shape index (κ1) is 15.2. The Labute approximate surface area is 120 Å². The molecule has 1 aliphatic heterocycles. The number of rotatable bonds is 3. The van der Waals surface area contributed by atoms with Crippen molar-refractivity contribution in [1.82, 2.24) is 4.31 Å². The number of benzene rings is 1. The molecule has 5 heteroatoms. The topological polar surface area (TPSA) is 57.6 Å². The van der Waals surface area contributed by atoms with E-state index in [9.17, 15) is 13.5 Å². The monoisotopic (exact) mass is 295 g/mol. The van der Waals surface area contributed by atoms with Gasteiger partial charge >= 0.3 is 0 Å². The highest BCUT2D eigenvalue weighted by Crippen LogP contribution is 2.25. The predicted molar refractivity (Wildman–Crippen MR) is 79.0 cm³/mol. The normalized spacial score (nSPS) is 17.1. The van der Waals surface area contributed by atoms with E-state index >= 15 is 0 Å². The summed E-state index contributed by atoms with van der Waals surface area (Å²) in [5.41, 5.74) is 3.54. The van der Waals surface area contributed by atoms with Gasteiger partial charge in [0.2, 0.25) is 10.0 Å². The number of sulfonamides is 1. The van der Waals surface area contributed by atoms with Crippen molar-refractivity contribution in [3.05, 3.63) is 40.5 Å². The van der Waals surface area contributed by atoms with Crippen LogP contribution < -0.4 is 0 Å². The van der Waals surface area contributed by atoms with Gasteiger partial charge in [-0.25, -0.2) is 8.42 Å². The van der Waals surface area contributed by atoms with E-state index in [0.29, 0.717) is 23.5 Å². The molecule has 0 saturated carbocycles. The van der Waals surface area contributed by atoms with E-state index in [4.69, 9.17) is 0 Å². The fraction of sp³-hybridized carbons (Fsp3) is 0.467. The van der Waals surface area contributed by atoms with Gasteiger partial charge in [0.15, 0.2) is 0 Å². The van der Waals surface area contributed by atoms with Crippen LogP contribution in [0.4, 0.5) is 0 Å². The van der Waals surface area contributed by atoms with Crippen molar-refractivity contribution < 1.29 is 13.5 Å². The van der Waals surface area contributed by atoms with E-state index in [1.54, 1.807) is 13.0 Å². The fourth-order valence-electron chi connectivity index (χ4n) is 2.43. The van der Waals surface area contributed by atoms with Gasteiger partial charge < -0.3 is 5.11 Å². The lowest BCUT2D eigenvalue weighted by Gasteiger charge is -2.26. The molecular formula is C15H21NO3S. The number of aryl methyl sites for hydroxylation is 2. The van der Waals surface area contributed by atoms with Crippen LogP contribution in [0.25, 0.3) is 0 Å². The molecule has 0 bridgehead atoms. The maximum atomic E-state index is 12.7. The summed E-state index contributed by atoms with van der Waals surface area (Å²) in [5.74, 6) is 0. The lowest BCUT2D eigenvalue weighted by atomic mass is 10.1. The number of aliphatic hydroxyl groups is 1. The Morgan fingerprint density at radius 3 is 2.45 bits per heavy atom. The Morgan fingerprint density at radius 1 is 1.20 bits per heavy atom. The quantitative estimate of drug-likeness (QED) is 0.869. The first-order chi connectivity index (χ1) is 9.36. The highest BCUT2D eigenvalue weighted by atomic mass is 32.2. The molecule has 20 heavy (non-hydrogen) atoms. The van der Waals surface area contributed by atoms with Crippen molar-refractivity contribution in [3.63, 3.8) is 0 Å². The second kappa shape index (κ2) is 5.68. The van der Waals surface area contributed by atoms with Crippen molar-refractivity contribution in [3.8, 4) is 0 Å². The molecule has 1 heterocycles. The van der Waals surface area contributed by atoms with Crippen molar-refractivity contribution in [2.24, 2.45) is 0 Å². The Kier molecular flexibility index (Phi) is 4.32. The molecule has 1 aromatic carbocycles. The summed E-state index contributed by atoms with van der Waals surface area (Å²) in [5, 5.41) is 9.33. The molecule has 0 aliphatic carbocycles. The minimum Gasteiger partial charge on any atom is -0.392 e. The number of aliphatic hydroxyl groups excluding tert-OH is 1. The Balaban J connectivity index is 2.44. The van der Waals surface area contributed by atoms with Gasteiger partial charge in [0, 0.05) is 13.1 Å². The van der Waals surface area contributed by atoms with Crippen molar-refractivity contribution in [2.75, 3.05) is 13.1 Å². The van der Waals surface area contributed by atoms with Crippen molar-refractivity contribution in [1.29, 1.82) is 0 Å². The molecule has 1 aliphatic rings. The molecule has 0 aromatic heterocycles. The first-order valence-electron chi connectivity index (χ1n) is 6.73. The zero-order valence-corrected chi connectivity index (χ0v) is 13.0. The summed E-state index contributed by atoms with van der Waals surface area (Å²) in [6.45, 7) is 6.50. The summed E-state index contributed by atoms with van der Waals surface area (Å²) < 4.78 is 26.9. The Hall–Kier alpha value is -1.17. The van der Waals surface area contributed by atoms with Crippen LogP contribution in [0.1, 0.15) is 30.0 Å². The number of hydrogen-bond acceptors (Lipinski definition) is 3. The van der Waals surface area contributed by atoms with E-state index < -0.39 is 10.0 Å². The molecule has 0 radical (unpaired) electrons. The maximum Gasteiger partial charge on any atom is 0.243 e. The molecule has 0 saturated heterocycles. The molecule has 1 N–H and O–H groups in total. The smallest absolute Gasteiger partial charge is 0.243 e. The SMILES string of the molecule is CC1=CCN(S(=O)(=O)c2cc(CO)c(C)cc2C)CC1. The van der Waals surface area contributed by atoms with Crippen LogP contribution in [-0.4, -0.2) is 30.9 Å². The first-order valence-corrected chi connectivity index (χ1v) is 8.17. The van der Waals surface area contributed by atoms with E-state index in [1.165, 1.54) is 9.88 Å². The summed E-state index contributed by atoms with van der Waals surface area (Å²) in [7, 11) is -3.49. The molecular weight excluding hydrogens is 274 g/mol. The average Bonchev–Trinajstić information content (AvgIpc) is 2.39. The van der Waals surface area contributed by atoms with Crippen LogP contribution in [0.5, 0.6) is 0 Å². The molecule has 0 fully saturated rings. The van der Waals surface area contributed by atoms with Crippen LogP contribution in [-0.2, 0) is 16.6 Å². The highest BCUT2D eigenvalue weighted by molar-refractivity contribution is 7.89. The summed E-state index contributed by atoms with van der Waals surface area (Å²) >= 11 is 0. The van der Waals surface area contributed by atoms with Gasteiger partial charge in [-0.1, -0.05) is 17.7 Å². The number of nitrogens with zero attached hydrogens (tertiary/aromatic N) is 1. The summed E-state index contributed by atoms with van der Waals surface area (Å²) in [6.07, 6.45) is 2.73. The van der Waals surface area contributed by atoms with Gasteiger partial charge in [-0.2, -0.15) is 4.31 Å². The lowest BCUT2D eigenvalue weighted by molar-refractivity contribution is 0.280. The van der Waals surface area contributed by atoms with Crippen molar-refractivity contribution in [2.45, 2.75) is 38.7 Å². The van der Waals surface area contributed by atoms with Crippen LogP contribution >= 0.6 is 0 Å². The molecule has 0 spiro atoms. The van der Waals surface area contributed by atoms with E-state index in [1.807, 2.05) is 26.0 Å². The van der Waals surface area contributed by atoms with Crippen LogP contribution in [0.3, 0.4) is 0 Å². The van der Waals surface area contributed by atoms with Gasteiger partial charge in [-0.05, 0) is 49.9 Å². The molecule has 0 amide bonds. The highest BCUT2D eigenvalue weighted by Gasteiger charge is 2.27. The minimum atomic E-state index is -3.49. The van der Waals surface area contributed by atoms with Crippen molar-refractivity contribution >= 4 is 10.0 Å². The average molecular weight is 295 g/mol. The maximum absolute atomic E-state index is 12.7. The molecule has 2 rings (SSSR count). The standard InChI is InChI=1S/C15H21NO3S/c1-11-4-6-16(7-5-11)20(18,19)15-9-14(10-17)12(2)8-13(15)3/h4,8-9,17H,5-7,10H2,1-3H3. The zero-order chi connectivity index (χ0) is 14.9. The Bertz CT molecular complexity index is 647. The third kappa shape index (κ3) is 2.80. The second-order valence-corrected chi connectivity index (χ2v) is 7.27. The van der Waals surface area contributed by atoms with Gasteiger partial charge in [-0.15, -0.1) is 0 Å². The third-order valence-electron chi connectivity index (χ3n) is 3.82. The van der Waals surface area contributed by atoms with E-state index in [-0.39, 0.29) is 6.61 Å². The van der Waals surface area contributed by atoms with Gasteiger partial charge in [-0.3, -0.25) is 0 Å². The Morgan fingerprint density at radius 2 is 1.90 bits per heavy atom. The van der Waals surface area contributed by atoms with E-state index in [2.05, 4.69) is 0 Å². The third-order valence-corrected chi connectivity index (χ3v) is 5.83. The zero-order valence-electron chi connectivity index (χ0n) is 12.2. The summed E-state index contributed by atoms with van der Waals surface area (Å²) in [6, 6.07) is 3.43. The fourth-order valence-corrected chi connectivity index (χ4v) is 4.07. The van der Waals surface area contributed by atoms with Crippen LogP contribution in [0, 0.1) is 13.8 Å².